The number of carbonyl (C=O) groups is 1. The van der Waals surface area contributed by atoms with Crippen molar-refractivity contribution in [3.63, 3.8) is 0 Å². The normalized spacial score (nSPS) is 13.0. The van der Waals surface area contributed by atoms with Crippen LogP contribution < -0.4 is 0 Å². The second-order valence-corrected chi connectivity index (χ2v) is 3.67. The molecule has 0 saturated heterocycles. The molecule has 1 aromatic rings. The summed E-state index contributed by atoms with van der Waals surface area (Å²) in [5, 5.41) is 8.95. The third-order valence-corrected chi connectivity index (χ3v) is 2.19. The van der Waals surface area contributed by atoms with Gasteiger partial charge >= 0.3 is 5.97 Å². The van der Waals surface area contributed by atoms with Gasteiger partial charge in [0.2, 0.25) is 0 Å². The Bertz CT molecular complexity index is 445. The van der Waals surface area contributed by atoms with Gasteiger partial charge in [-0.3, -0.25) is 0 Å². The molecule has 17 heavy (non-hydrogen) atoms. The zero-order chi connectivity index (χ0) is 12.8. The summed E-state index contributed by atoms with van der Waals surface area (Å²) >= 11 is 0. The van der Waals surface area contributed by atoms with Crippen LogP contribution in [-0.4, -0.2) is 17.4 Å². The third-order valence-electron chi connectivity index (χ3n) is 2.19. The second kappa shape index (κ2) is 6.01. The predicted molar refractivity (Wildman–Crippen MR) is 68.0 cm³/mol. The minimum Gasteiger partial charge on any atom is -0.433 e. The number of benzene rings is 1. The van der Waals surface area contributed by atoms with Crippen molar-refractivity contribution in [2.75, 3.05) is 0 Å². The molecule has 3 heteroatoms. The Hall–Kier alpha value is -1.87. The zero-order valence-electron chi connectivity index (χ0n) is 10.0. The van der Waals surface area contributed by atoms with E-state index >= 15 is 0 Å². The van der Waals surface area contributed by atoms with E-state index in [-0.39, 0.29) is 0 Å². The summed E-state index contributed by atoms with van der Waals surface area (Å²) in [6.07, 6.45) is 2.33. The summed E-state index contributed by atoms with van der Waals surface area (Å²) in [6.45, 7) is 6.74. The standard InChI is InChI=1S/C14H16O3/c1-4-12-7-5-6-8-13(12)9-10(2)14(16)17-11(3)15/h4-9,11,15H,1H2,2-3H3/b10-9+. The molecular formula is C14H16O3. The zero-order valence-corrected chi connectivity index (χ0v) is 10.0. The number of ether oxygens (including phenoxy) is 1. The Morgan fingerprint density at radius 1 is 1.41 bits per heavy atom. The van der Waals surface area contributed by atoms with Gasteiger partial charge in [-0.25, -0.2) is 4.79 Å². The van der Waals surface area contributed by atoms with Crippen molar-refractivity contribution in [3.05, 3.63) is 47.5 Å². The highest BCUT2D eigenvalue weighted by molar-refractivity contribution is 5.93. The predicted octanol–water partition coefficient (Wildman–Crippen LogP) is 2.61. The minimum atomic E-state index is -1.10. The fourth-order valence-electron chi connectivity index (χ4n) is 1.37. The Labute approximate surface area is 101 Å². The van der Waals surface area contributed by atoms with Gasteiger partial charge in [0.25, 0.3) is 0 Å². The van der Waals surface area contributed by atoms with Gasteiger partial charge in [0.05, 0.1) is 0 Å². The van der Waals surface area contributed by atoms with Gasteiger partial charge in [-0.15, -0.1) is 0 Å². The fraction of sp³-hybridized carbons (Fsp3) is 0.214. The molecule has 3 nitrogen and oxygen atoms in total. The third kappa shape index (κ3) is 3.89. The average Bonchev–Trinajstić information content (AvgIpc) is 2.28. The van der Waals surface area contributed by atoms with E-state index in [9.17, 15) is 4.79 Å². The molecule has 1 atom stereocenters. The van der Waals surface area contributed by atoms with E-state index in [1.807, 2.05) is 24.3 Å². The highest BCUT2D eigenvalue weighted by Gasteiger charge is 2.09. The van der Waals surface area contributed by atoms with Crippen LogP contribution >= 0.6 is 0 Å². The van der Waals surface area contributed by atoms with Crippen LogP contribution in [0.25, 0.3) is 12.2 Å². The van der Waals surface area contributed by atoms with Crippen molar-refractivity contribution in [3.8, 4) is 0 Å². The Kier molecular flexibility index (Phi) is 4.67. The van der Waals surface area contributed by atoms with Crippen molar-refractivity contribution < 1.29 is 14.6 Å². The highest BCUT2D eigenvalue weighted by Crippen LogP contribution is 2.15. The lowest BCUT2D eigenvalue weighted by molar-refractivity contribution is -0.159. The molecule has 1 unspecified atom stereocenters. The van der Waals surface area contributed by atoms with Gasteiger partial charge in [-0.1, -0.05) is 36.9 Å². The van der Waals surface area contributed by atoms with Crippen molar-refractivity contribution in [1.29, 1.82) is 0 Å². The first kappa shape index (κ1) is 13.2. The van der Waals surface area contributed by atoms with Crippen LogP contribution in [0.5, 0.6) is 0 Å². The molecule has 0 aliphatic carbocycles. The number of hydrogen-bond donors (Lipinski definition) is 1. The van der Waals surface area contributed by atoms with Crippen LogP contribution in [0, 0.1) is 0 Å². The van der Waals surface area contributed by atoms with Crippen LogP contribution in [0.3, 0.4) is 0 Å². The van der Waals surface area contributed by atoms with Crippen LogP contribution in [0.15, 0.2) is 36.4 Å². The van der Waals surface area contributed by atoms with Crippen molar-refractivity contribution >= 4 is 18.1 Å². The van der Waals surface area contributed by atoms with Gasteiger partial charge in [0.1, 0.15) is 0 Å². The van der Waals surface area contributed by atoms with Gasteiger partial charge < -0.3 is 9.84 Å². The molecule has 0 spiro atoms. The smallest absolute Gasteiger partial charge is 0.336 e. The number of carbonyl (C=O) groups excluding carboxylic acids is 1. The molecule has 1 aromatic carbocycles. The maximum absolute atomic E-state index is 11.5. The molecule has 0 amide bonds. The Morgan fingerprint density at radius 2 is 2.00 bits per heavy atom. The maximum atomic E-state index is 11.5. The lowest BCUT2D eigenvalue weighted by Gasteiger charge is -2.07. The molecule has 0 saturated carbocycles. The van der Waals surface area contributed by atoms with Crippen molar-refractivity contribution in [1.82, 2.24) is 0 Å². The summed E-state index contributed by atoms with van der Waals surface area (Å²) < 4.78 is 4.68. The molecule has 1 N–H and O–H groups in total. The Morgan fingerprint density at radius 3 is 2.53 bits per heavy atom. The molecule has 0 heterocycles. The first-order valence-corrected chi connectivity index (χ1v) is 5.33. The van der Waals surface area contributed by atoms with Gasteiger partial charge in [0, 0.05) is 5.57 Å². The van der Waals surface area contributed by atoms with Gasteiger partial charge in [-0.2, -0.15) is 0 Å². The number of esters is 1. The fourth-order valence-corrected chi connectivity index (χ4v) is 1.37. The SMILES string of the molecule is C=Cc1ccccc1/C=C(\C)C(=O)OC(C)O. The largest absolute Gasteiger partial charge is 0.433 e. The number of hydrogen-bond acceptors (Lipinski definition) is 3. The number of aliphatic hydroxyl groups excluding tert-OH is 1. The van der Waals surface area contributed by atoms with E-state index in [1.165, 1.54) is 6.92 Å². The number of aliphatic hydroxyl groups is 1. The molecule has 0 aliphatic heterocycles. The number of rotatable bonds is 4. The summed E-state index contributed by atoms with van der Waals surface area (Å²) in [5.41, 5.74) is 2.26. The lowest BCUT2D eigenvalue weighted by Crippen LogP contribution is -2.14. The minimum absolute atomic E-state index is 0.431. The van der Waals surface area contributed by atoms with Crippen molar-refractivity contribution in [2.24, 2.45) is 0 Å². The summed E-state index contributed by atoms with van der Waals surface area (Å²) in [6, 6.07) is 7.58. The topological polar surface area (TPSA) is 46.5 Å². The Balaban J connectivity index is 2.94. The van der Waals surface area contributed by atoms with Crippen LogP contribution in [0.1, 0.15) is 25.0 Å². The van der Waals surface area contributed by atoms with Crippen LogP contribution in [-0.2, 0) is 9.53 Å². The summed E-state index contributed by atoms with van der Waals surface area (Å²) in [4.78, 5) is 11.5. The van der Waals surface area contributed by atoms with Crippen LogP contribution in [0.4, 0.5) is 0 Å². The summed E-state index contributed by atoms with van der Waals surface area (Å²) in [5.74, 6) is -0.529. The first-order chi connectivity index (χ1) is 8.04. The first-order valence-electron chi connectivity index (χ1n) is 5.33. The lowest BCUT2D eigenvalue weighted by atomic mass is 10.1. The van der Waals surface area contributed by atoms with E-state index in [1.54, 1.807) is 19.1 Å². The van der Waals surface area contributed by atoms with E-state index < -0.39 is 12.3 Å². The highest BCUT2D eigenvalue weighted by atomic mass is 16.6. The van der Waals surface area contributed by atoms with E-state index in [0.29, 0.717) is 5.57 Å². The molecule has 0 bridgehead atoms. The second-order valence-electron chi connectivity index (χ2n) is 3.67. The van der Waals surface area contributed by atoms with Gasteiger partial charge in [-0.05, 0) is 31.1 Å². The molecule has 1 rings (SSSR count). The molecule has 0 radical (unpaired) electrons. The van der Waals surface area contributed by atoms with Crippen molar-refractivity contribution in [2.45, 2.75) is 20.1 Å². The molecule has 0 aliphatic rings. The monoisotopic (exact) mass is 232 g/mol. The molecule has 0 fully saturated rings. The quantitative estimate of drug-likeness (QED) is 0.493. The molecular weight excluding hydrogens is 216 g/mol. The average molecular weight is 232 g/mol. The maximum Gasteiger partial charge on any atom is 0.336 e. The summed E-state index contributed by atoms with van der Waals surface area (Å²) in [7, 11) is 0. The van der Waals surface area contributed by atoms with E-state index in [0.717, 1.165) is 11.1 Å². The van der Waals surface area contributed by atoms with E-state index in [2.05, 4.69) is 11.3 Å². The van der Waals surface area contributed by atoms with Crippen LogP contribution in [0.2, 0.25) is 0 Å². The molecule has 90 valence electrons. The van der Waals surface area contributed by atoms with Gasteiger partial charge in [0.15, 0.2) is 6.29 Å². The van der Waals surface area contributed by atoms with E-state index in [4.69, 9.17) is 5.11 Å². The molecule has 0 aromatic heterocycles.